The van der Waals surface area contributed by atoms with Gasteiger partial charge in [-0.3, -0.25) is 0 Å². The Bertz CT molecular complexity index is 1290. The molecule has 0 spiro atoms. The largest absolute Gasteiger partial charge is 1.00 e. The van der Waals surface area contributed by atoms with Crippen molar-refractivity contribution in [2.24, 2.45) is 11.3 Å². The zero-order valence-corrected chi connectivity index (χ0v) is 28.9. The molecule has 2 aromatic carbocycles. The third-order valence-corrected chi connectivity index (χ3v) is 16.5. The van der Waals surface area contributed by atoms with Gasteiger partial charge in [-0.05, 0) is 0 Å². The van der Waals surface area contributed by atoms with E-state index in [2.05, 4.69) is 103 Å². The van der Waals surface area contributed by atoms with Gasteiger partial charge in [-0.1, -0.05) is 0 Å². The SMILES string of the molecule is C=Cc1ccc2c(c1)-c1cc(C=C)c[c]([Zr+2]([C]3=CC(C(C)(C)C)=CC3C)=[C](CCCC)CCCC)c1C2.[Cl-].[Cl-]. The van der Waals surface area contributed by atoms with Crippen molar-refractivity contribution >= 4 is 18.6 Å². The van der Waals surface area contributed by atoms with Gasteiger partial charge in [0, 0.05) is 0 Å². The average molecular weight is 641 g/mol. The molecule has 39 heavy (non-hydrogen) atoms. The minimum atomic E-state index is -2.38. The van der Waals surface area contributed by atoms with Crippen LogP contribution in [-0.2, 0) is 27.7 Å². The topological polar surface area (TPSA) is 0 Å². The van der Waals surface area contributed by atoms with Crippen LogP contribution in [0.4, 0.5) is 0 Å². The quantitative estimate of drug-likeness (QED) is 0.316. The summed E-state index contributed by atoms with van der Waals surface area (Å²) in [6.07, 6.45) is 18.1. The summed E-state index contributed by atoms with van der Waals surface area (Å²) in [5, 5.41) is 0. The van der Waals surface area contributed by atoms with Crippen LogP contribution in [0, 0.1) is 11.3 Å². The Kier molecular flexibility index (Phi) is 12.7. The van der Waals surface area contributed by atoms with Crippen LogP contribution < -0.4 is 28.1 Å². The predicted molar refractivity (Wildman–Crippen MR) is 163 cm³/mol. The summed E-state index contributed by atoms with van der Waals surface area (Å²) in [6.45, 7) is 22.5. The Morgan fingerprint density at radius 1 is 0.923 bits per heavy atom. The first-order valence-electron chi connectivity index (χ1n) is 14.4. The normalized spacial score (nSPS) is 15.1. The van der Waals surface area contributed by atoms with E-state index in [1.165, 1.54) is 71.9 Å². The number of benzene rings is 2. The predicted octanol–water partition coefficient (Wildman–Crippen LogP) is 3.85. The number of rotatable bonds is 10. The molecule has 0 bridgehead atoms. The Balaban J connectivity index is 0.00000267. The Labute approximate surface area is 258 Å². The molecule has 0 heterocycles. The first-order valence-corrected chi connectivity index (χ1v) is 18.1. The van der Waals surface area contributed by atoms with Crippen molar-refractivity contribution in [1.82, 2.24) is 0 Å². The molecule has 0 fully saturated rings. The Hall–Kier alpha value is -1.27. The summed E-state index contributed by atoms with van der Waals surface area (Å²) >= 11 is -2.38. The monoisotopic (exact) mass is 638 g/mol. The van der Waals surface area contributed by atoms with Crippen LogP contribution in [0.2, 0.25) is 0 Å². The Morgan fingerprint density at radius 3 is 2.08 bits per heavy atom. The summed E-state index contributed by atoms with van der Waals surface area (Å²) in [4.78, 5) is 0. The molecular weight excluding hydrogens is 595 g/mol. The van der Waals surface area contributed by atoms with Gasteiger partial charge in [-0.2, -0.15) is 0 Å². The molecule has 2 aliphatic carbocycles. The molecule has 0 N–H and O–H groups in total. The van der Waals surface area contributed by atoms with Gasteiger partial charge in [0.1, 0.15) is 0 Å². The molecular formula is C36H46Cl2Zr. The van der Waals surface area contributed by atoms with Crippen molar-refractivity contribution in [2.45, 2.75) is 86.5 Å². The molecule has 1 atom stereocenters. The van der Waals surface area contributed by atoms with Crippen LogP contribution in [0.15, 0.2) is 64.5 Å². The second kappa shape index (κ2) is 14.6. The van der Waals surface area contributed by atoms with Crippen molar-refractivity contribution in [3.63, 3.8) is 0 Å². The molecule has 0 saturated heterocycles. The van der Waals surface area contributed by atoms with Gasteiger partial charge in [0.25, 0.3) is 0 Å². The molecule has 0 saturated carbocycles. The van der Waals surface area contributed by atoms with Crippen LogP contribution >= 0.6 is 0 Å². The van der Waals surface area contributed by atoms with Crippen LogP contribution in [-0.4, -0.2) is 3.21 Å². The smallest absolute Gasteiger partial charge is 1.00 e. The second-order valence-corrected chi connectivity index (χ2v) is 18.4. The molecule has 0 aromatic heterocycles. The van der Waals surface area contributed by atoms with Crippen LogP contribution in [0.1, 0.15) is 102 Å². The van der Waals surface area contributed by atoms with Gasteiger partial charge in [-0.25, -0.2) is 0 Å². The van der Waals surface area contributed by atoms with Crippen molar-refractivity contribution < 1.29 is 46.1 Å². The van der Waals surface area contributed by atoms with Crippen molar-refractivity contribution in [3.05, 3.63) is 86.7 Å². The van der Waals surface area contributed by atoms with Crippen molar-refractivity contribution in [3.8, 4) is 11.1 Å². The van der Waals surface area contributed by atoms with E-state index < -0.39 is 21.3 Å². The molecule has 0 amide bonds. The number of hydrogen-bond donors (Lipinski definition) is 0. The molecule has 2 aromatic rings. The molecule has 1 unspecified atom stereocenters. The molecule has 2 aliphatic rings. The second-order valence-electron chi connectivity index (χ2n) is 12.0. The van der Waals surface area contributed by atoms with E-state index in [4.69, 9.17) is 0 Å². The zero-order valence-electron chi connectivity index (χ0n) is 24.9. The first kappa shape index (κ1) is 33.9. The van der Waals surface area contributed by atoms with E-state index >= 15 is 0 Å². The van der Waals surface area contributed by atoms with E-state index in [-0.39, 0.29) is 30.2 Å². The minimum Gasteiger partial charge on any atom is -1.00 e. The first-order chi connectivity index (χ1) is 17.7. The standard InChI is InChI=1S/C17H13.C10H15.C9H18.2ClH.Zr/c1-3-12-5-7-14-11-15-8-6-13(4-2)10-17(15)16(14)9-12;1-8-5-6-9(7-8)10(2,3)4;1-3-5-7-9-8-6-4-2;;;/h3-7,9-10H,1-2,11H2;6-8H,1-4H3;3-8H2,1-2H3;2*1H;/q;;;;;+2/p-2. The molecule has 208 valence electrons. The van der Waals surface area contributed by atoms with Crippen LogP contribution in [0.25, 0.3) is 23.3 Å². The maximum absolute atomic E-state index is 4.22. The third kappa shape index (κ3) is 7.33. The van der Waals surface area contributed by atoms with Crippen LogP contribution in [0.5, 0.6) is 0 Å². The zero-order chi connectivity index (χ0) is 26.7. The number of halogens is 2. The summed E-state index contributed by atoms with van der Waals surface area (Å²) in [6, 6.07) is 11.9. The van der Waals surface area contributed by atoms with E-state index in [0.717, 1.165) is 6.42 Å². The minimum absolute atomic E-state index is 0. The summed E-state index contributed by atoms with van der Waals surface area (Å²) < 4.78 is 5.44. The van der Waals surface area contributed by atoms with Crippen molar-refractivity contribution in [1.29, 1.82) is 0 Å². The van der Waals surface area contributed by atoms with Crippen molar-refractivity contribution in [2.75, 3.05) is 0 Å². The number of fused-ring (bicyclic) bond motifs is 3. The van der Waals surface area contributed by atoms with Gasteiger partial charge < -0.3 is 24.8 Å². The number of allylic oxidation sites excluding steroid dienone is 4. The van der Waals surface area contributed by atoms with Crippen LogP contribution in [0.3, 0.4) is 0 Å². The fourth-order valence-corrected chi connectivity index (χ4v) is 14.9. The summed E-state index contributed by atoms with van der Waals surface area (Å²) in [5.74, 6) is 0.543. The van der Waals surface area contributed by atoms with E-state index in [1.807, 2.05) is 9.28 Å². The Morgan fingerprint density at radius 2 is 1.54 bits per heavy atom. The molecule has 4 rings (SSSR count). The maximum Gasteiger partial charge on any atom is -1.00 e. The number of unbranched alkanes of at least 4 members (excludes halogenated alkanes) is 2. The fraction of sp³-hybridized carbons (Fsp3) is 0.417. The van der Waals surface area contributed by atoms with Gasteiger partial charge in [0.15, 0.2) is 0 Å². The van der Waals surface area contributed by atoms with E-state index in [9.17, 15) is 0 Å². The molecule has 0 nitrogen and oxygen atoms in total. The van der Waals surface area contributed by atoms with Gasteiger partial charge in [0.2, 0.25) is 0 Å². The van der Waals surface area contributed by atoms with E-state index in [0.29, 0.717) is 5.92 Å². The molecule has 0 radical (unpaired) electrons. The molecule has 3 heteroatoms. The molecule has 0 aliphatic heterocycles. The fourth-order valence-electron chi connectivity index (χ4n) is 5.96. The van der Waals surface area contributed by atoms with E-state index in [1.54, 1.807) is 12.1 Å². The van der Waals surface area contributed by atoms with Gasteiger partial charge >= 0.3 is 236 Å². The van der Waals surface area contributed by atoms with Gasteiger partial charge in [-0.15, -0.1) is 0 Å². The third-order valence-electron chi connectivity index (χ3n) is 8.21. The number of hydrogen-bond acceptors (Lipinski definition) is 0. The average Bonchev–Trinajstić information content (AvgIpc) is 3.45. The summed E-state index contributed by atoms with van der Waals surface area (Å²) in [7, 11) is 0. The van der Waals surface area contributed by atoms with Gasteiger partial charge in [0.05, 0.1) is 0 Å². The maximum atomic E-state index is 4.22. The summed E-state index contributed by atoms with van der Waals surface area (Å²) in [5.41, 5.74) is 10.2.